The number of morpholine rings is 1. The van der Waals surface area contributed by atoms with Crippen LogP contribution in [0.4, 0.5) is 17.3 Å². The van der Waals surface area contributed by atoms with Gasteiger partial charge in [0.15, 0.2) is 0 Å². The summed E-state index contributed by atoms with van der Waals surface area (Å²) >= 11 is 0. The van der Waals surface area contributed by atoms with E-state index in [9.17, 15) is 10.1 Å². The van der Waals surface area contributed by atoms with Crippen LogP contribution >= 0.6 is 0 Å². The zero-order valence-electron chi connectivity index (χ0n) is 12.8. The van der Waals surface area contributed by atoms with Crippen molar-refractivity contribution in [1.82, 2.24) is 4.98 Å². The van der Waals surface area contributed by atoms with Crippen LogP contribution in [0.25, 0.3) is 0 Å². The summed E-state index contributed by atoms with van der Waals surface area (Å²) in [5.41, 5.74) is -0.218. The fourth-order valence-corrected chi connectivity index (χ4v) is 2.33. The summed E-state index contributed by atoms with van der Waals surface area (Å²) in [5.74, 6) is 1.17. The van der Waals surface area contributed by atoms with E-state index in [1.807, 2.05) is 25.7 Å². The lowest BCUT2D eigenvalue weighted by Crippen LogP contribution is -2.48. The molecule has 1 aromatic rings. The molecule has 1 aliphatic heterocycles. The van der Waals surface area contributed by atoms with Gasteiger partial charge in [0, 0.05) is 19.6 Å². The quantitative estimate of drug-likeness (QED) is 0.663. The van der Waals surface area contributed by atoms with Crippen molar-refractivity contribution in [3.05, 3.63) is 22.2 Å². The first kappa shape index (κ1) is 15.5. The van der Waals surface area contributed by atoms with E-state index in [0.717, 1.165) is 13.0 Å². The Labute approximate surface area is 124 Å². The Morgan fingerprint density at radius 3 is 2.90 bits per heavy atom. The molecule has 1 aromatic heterocycles. The Hall–Kier alpha value is -1.89. The molecule has 1 N–H and O–H groups in total. The second kappa shape index (κ2) is 6.26. The van der Waals surface area contributed by atoms with E-state index in [4.69, 9.17) is 4.74 Å². The lowest BCUT2D eigenvalue weighted by atomic mass is 10.1. The van der Waals surface area contributed by atoms with E-state index in [2.05, 4.69) is 10.3 Å². The third kappa shape index (κ3) is 4.04. The number of hydrogen-bond acceptors (Lipinski definition) is 6. The Morgan fingerprint density at radius 2 is 2.29 bits per heavy atom. The highest BCUT2D eigenvalue weighted by molar-refractivity contribution is 5.56. The Morgan fingerprint density at radius 1 is 1.52 bits per heavy atom. The van der Waals surface area contributed by atoms with E-state index in [1.165, 1.54) is 12.1 Å². The van der Waals surface area contributed by atoms with E-state index in [1.54, 1.807) is 0 Å². The minimum atomic E-state index is -0.381. The summed E-state index contributed by atoms with van der Waals surface area (Å²) in [4.78, 5) is 17.2. The molecular formula is C14H22N4O3. The first-order chi connectivity index (χ1) is 9.91. The molecule has 1 aliphatic rings. The van der Waals surface area contributed by atoms with Crippen molar-refractivity contribution in [3.63, 3.8) is 0 Å². The van der Waals surface area contributed by atoms with Gasteiger partial charge in [-0.1, -0.05) is 6.92 Å². The number of anilines is 2. The number of nitro groups is 1. The normalized spacial score (nSPS) is 17.6. The van der Waals surface area contributed by atoms with Crippen molar-refractivity contribution in [1.29, 1.82) is 0 Å². The third-order valence-corrected chi connectivity index (χ3v) is 3.31. The van der Waals surface area contributed by atoms with Gasteiger partial charge in [-0.2, -0.15) is 0 Å². The number of nitrogens with one attached hydrogen (secondary N) is 1. The van der Waals surface area contributed by atoms with Gasteiger partial charge in [0.25, 0.3) is 5.69 Å². The van der Waals surface area contributed by atoms with Crippen LogP contribution in [0.5, 0.6) is 0 Å². The molecule has 116 valence electrons. The van der Waals surface area contributed by atoms with Gasteiger partial charge in [0.2, 0.25) is 0 Å². The SMILES string of the molecule is CCCNc1cc([N+](=O)[O-])cc(N2CCOC(C)(C)C2)n1. The molecule has 0 atom stereocenters. The molecule has 1 saturated heterocycles. The summed E-state index contributed by atoms with van der Waals surface area (Å²) in [6.07, 6.45) is 0.935. The van der Waals surface area contributed by atoms with Crippen molar-refractivity contribution in [2.24, 2.45) is 0 Å². The molecule has 2 heterocycles. The van der Waals surface area contributed by atoms with Crippen LogP contribution in [0.1, 0.15) is 27.2 Å². The number of pyridine rings is 1. The fourth-order valence-electron chi connectivity index (χ4n) is 2.33. The van der Waals surface area contributed by atoms with Crippen molar-refractivity contribution in [3.8, 4) is 0 Å². The van der Waals surface area contributed by atoms with Crippen LogP contribution in [0.15, 0.2) is 12.1 Å². The van der Waals surface area contributed by atoms with Gasteiger partial charge in [0.05, 0.1) is 29.3 Å². The van der Waals surface area contributed by atoms with Gasteiger partial charge >= 0.3 is 0 Å². The molecule has 0 aliphatic carbocycles. The number of ether oxygens (including phenoxy) is 1. The summed E-state index contributed by atoms with van der Waals surface area (Å²) in [5, 5.41) is 14.2. The number of hydrogen-bond donors (Lipinski definition) is 1. The topological polar surface area (TPSA) is 80.5 Å². The Kier molecular flexibility index (Phi) is 4.62. The minimum absolute atomic E-state index is 0.0582. The van der Waals surface area contributed by atoms with E-state index >= 15 is 0 Å². The highest BCUT2D eigenvalue weighted by Crippen LogP contribution is 2.27. The maximum Gasteiger partial charge on any atom is 0.276 e. The third-order valence-electron chi connectivity index (χ3n) is 3.31. The first-order valence-corrected chi connectivity index (χ1v) is 7.20. The maximum absolute atomic E-state index is 11.1. The lowest BCUT2D eigenvalue weighted by Gasteiger charge is -2.38. The Bertz CT molecular complexity index is 519. The van der Waals surface area contributed by atoms with Crippen LogP contribution in [-0.2, 0) is 4.74 Å². The summed E-state index contributed by atoms with van der Waals surface area (Å²) in [6.45, 7) is 8.73. The van der Waals surface area contributed by atoms with Gasteiger partial charge < -0.3 is 15.0 Å². The lowest BCUT2D eigenvalue weighted by molar-refractivity contribution is -0.384. The molecule has 7 nitrogen and oxygen atoms in total. The highest BCUT2D eigenvalue weighted by Gasteiger charge is 2.29. The zero-order chi connectivity index (χ0) is 15.5. The van der Waals surface area contributed by atoms with Crippen molar-refractivity contribution >= 4 is 17.3 Å². The number of aromatic nitrogens is 1. The molecule has 0 amide bonds. The van der Waals surface area contributed by atoms with Crippen LogP contribution < -0.4 is 10.2 Å². The van der Waals surface area contributed by atoms with E-state index < -0.39 is 0 Å². The molecule has 21 heavy (non-hydrogen) atoms. The molecule has 0 bridgehead atoms. The second-order valence-corrected chi connectivity index (χ2v) is 5.78. The summed E-state index contributed by atoms with van der Waals surface area (Å²) < 4.78 is 5.67. The predicted molar refractivity (Wildman–Crippen MR) is 81.9 cm³/mol. The largest absolute Gasteiger partial charge is 0.372 e. The molecule has 0 aromatic carbocycles. The van der Waals surface area contributed by atoms with Crippen molar-refractivity contribution in [2.75, 3.05) is 36.5 Å². The van der Waals surface area contributed by atoms with E-state index in [-0.39, 0.29) is 16.2 Å². The number of nitrogens with zero attached hydrogens (tertiary/aromatic N) is 3. The molecule has 0 spiro atoms. The van der Waals surface area contributed by atoms with Crippen LogP contribution in [0, 0.1) is 10.1 Å². The molecule has 0 saturated carbocycles. The highest BCUT2D eigenvalue weighted by atomic mass is 16.6. The minimum Gasteiger partial charge on any atom is -0.372 e. The molecule has 0 unspecified atom stereocenters. The first-order valence-electron chi connectivity index (χ1n) is 7.20. The molecule has 0 radical (unpaired) electrons. The van der Waals surface area contributed by atoms with Crippen LogP contribution in [-0.4, -0.2) is 41.7 Å². The van der Waals surface area contributed by atoms with Gasteiger partial charge in [-0.3, -0.25) is 10.1 Å². The second-order valence-electron chi connectivity index (χ2n) is 5.78. The molecular weight excluding hydrogens is 272 g/mol. The Balaban J connectivity index is 2.28. The van der Waals surface area contributed by atoms with Gasteiger partial charge in [0.1, 0.15) is 11.6 Å². The average molecular weight is 294 g/mol. The monoisotopic (exact) mass is 294 g/mol. The van der Waals surface area contributed by atoms with E-state index in [0.29, 0.717) is 31.3 Å². The number of rotatable bonds is 5. The van der Waals surface area contributed by atoms with Crippen LogP contribution in [0.3, 0.4) is 0 Å². The molecule has 1 fully saturated rings. The summed E-state index contributed by atoms with van der Waals surface area (Å²) in [6, 6.07) is 3.00. The standard InChI is InChI=1S/C14H22N4O3/c1-4-5-15-12-8-11(18(19)20)9-13(16-12)17-6-7-21-14(2,3)10-17/h8-9H,4-7,10H2,1-3H3,(H,15,16). The maximum atomic E-state index is 11.1. The predicted octanol–water partition coefficient (Wildman–Crippen LogP) is 2.43. The van der Waals surface area contributed by atoms with Gasteiger partial charge in [-0.15, -0.1) is 0 Å². The smallest absolute Gasteiger partial charge is 0.276 e. The fraction of sp³-hybridized carbons (Fsp3) is 0.643. The van der Waals surface area contributed by atoms with Gasteiger partial charge in [-0.25, -0.2) is 4.98 Å². The summed E-state index contributed by atoms with van der Waals surface area (Å²) in [7, 11) is 0. The van der Waals surface area contributed by atoms with Crippen LogP contribution in [0.2, 0.25) is 0 Å². The molecule has 7 heteroatoms. The molecule has 2 rings (SSSR count). The van der Waals surface area contributed by atoms with Crippen molar-refractivity contribution in [2.45, 2.75) is 32.8 Å². The average Bonchev–Trinajstić information content (AvgIpc) is 2.43. The van der Waals surface area contributed by atoms with Gasteiger partial charge in [-0.05, 0) is 20.3 Å². The zero-order valence-corrected chi connectivity index (χ0v) is 12.8. The van der Waals surface area contributed by atoms with Crippen molar-refractivity contribution < 1.29 is 9.66 Å².